The number of amides is 1. The Morgan fingerprint density at radius 1 is 1.21 bits per heavy atom. The fourth-order valence-electron chi connectivity index (χ4n) is 3.43. The lowest BCUT2D eigenvalue weighted by molar-refractivity contribution is -0.140. The zero-order chi connectivity index (χ0) is 24.9. The summed E-state index contributed by atoms with van der Waals surface area (Å²) in [5.41, 5.74) is -3.42. The molecule has 0 spiro atoms. The van der Waals surface area contributed by atoms with Gasteiger partial charge < -0.3 is 9.84 Å². The molecule has 0 aliphatic rings. The van der Waals surface area contributed by atoms with Crippen molar-refractivity contribution < 1.29 is 26.9 Å². The Bertz CT molecular complexity index is 1560. The van der Waals surface area contributed by atoms with Gasteiger partial charge in [-0.15, -0.1) is 11.3 Å². The molecule has 1 aromatic carbocycles. The number of fused-ring (bicyclic) bond motifs is 1. The molecule has 0 aliphatic carbocycles. The lowest BCUT2D eigenvalue weighted by Crippen LogP contribution is -2.37. The Kier molecular flexibility index (Phi) is 5.63. The molecule has 4 rings (SSSR count). The minimum atomic E-state index is -4.88. The van der Waals surface area contributed by atoms with Crippen LogP contribution in [-0.4, -0.2) is 25.2 Å². The summed E-state index contributed by atoms with van der Waals surface area (Å²) in [7, 11) is 2.66. The van der Waals surface area contributed by atoms with Crippen molar-refractivity contribution in [3.63, 3.8) is 0 Å². The minimum Gasteiger partial charge on any atom is -0.358 e. The summed E-state index contributed by atoms with van der Waals surface area (Å²) < 4.78 is 61.2. The van der Waals surface area contributed by atoms with E-state index in [4.69, 9.17) is 4.52 Å². The maximum atomic E-state index is 14.6. The second-order valence-electron chi connectivity index (χ2n) is 7.39. The van der Waals surface area contributed by atoms with Crippen LogP contribution in [0.2, 0.25) is 0 Å². The summed E-state index contributed by atoms with van der Waals surface area (Å²) in [6.45, 7) is 1.15. The van der Waals surface area contributed by atoms with Crippen LogP contribution in [-0.2, 0) is 31.5 Å². The van der Waals surface area contributed by atoms with E-state index in [1.165, 1.54) is 25.5 Å². The number of nitrogens with one attached hydrogen (secondary N) is 1. The number of thiazole rings is 1. The molecular weight excluding hydrogens is 482 g/mol. The summed E-state index contributed by atoms with van der Waals surface area (Å²) in [4.78, 5) is 40.9. The van der Waals surface area contributed by atoms with Crippen molar-refractivity contribution in [2.45, 2.75) is 19.5 Å². The lowest BCUT2D eigenvalue weighted by Gasteiger charge is -2.13. The van der Waals surface area contributed by atoms with Crippen LogP contribution in [0.25, 0.3) is 22.3 Å². The minimum absolute atomic E-state index is 0.00217. The smallest absolute Gasteiger partial charge is 0.358 e. The number of aryl methyl sites for hydroxylation is 2. The third-order valence-corrected chi connectivity index (χ3v) is 5.89. The van der Waals surface area contributed by atoms with Crippen molar-refractivity contribution in [2.75, 3.05) is 5.32 Å². The SMILES string of the molecule is Cc1ccc(-c2csc(NC(=O)Cc3onc4c3c(=O)n(C)c(=O)n4C)n2)c(F)c1C(F)(F)F. The predicted octanol–water partition coefficient (Wildman–Crippen LogP) is 3.00. The van der Waals surface area contributed by atoms with Crippen LogP contribution < -0.4 is 16.6 Å². The fraction of sp³-hybridized carbons (Fsp3) is 0.250. The highest BCUT2D eigenvalue weighted by molar-refractivity contribution is 7.14. The van der Waals surface area contributed by atoms with Crippen LogP contribution in [0.4, 0.5) is 22.7 Å². The molecule has 178 valence electrons. The first kappa shape index (κ1) is 23.4. The van der Waals surface area contributed by atoms with Crippen molar-refractivity contribution in [3.05, 3.63) is 61.1 Å². The average molecular weight is 497 g/mol. The molecule has 3 aromatic heterocycles. The van der Waals surface area contributed by atoms with E-state index < -0.39 is 41.1 Å². The van der Waals surface area contributed by atoms with Crippen LogP contribution in [0.15, 0.2) is 31.6 Å². The van der Waals surface area contributed by atoms with E-state index in [1.54, 1.807) is 0 Å². The van der Waals surface area contributed by atoms with E-state index in [0.717, 1.165) is 33.5 Å². The largest absolute Gasteiger partial charge is 0.419 e. The topological polar surface area (TPSA) is 112 Å². The van der Waals surface area contributed by atoms with Gasteiger partial charge in [-0.3, -0.25) is 18.7 Å². The van der Waals surface area contributed by atoms with Crippen molar-refractivity contribution in [3.8, 4) is 11.3 Å². The number of hydrogen-bond acceptors (Lipinski definition) is 7. The maximum absolute atomic E-state index is 14.6. The number of benzene rings is 1. The number of halogens is 4. The average Bonchev–Trinajstić information content (AvgIpc) is 3.37. The molecule has 9 nitrogen and oxygen atoms in total. The van der Waals surface area contributed by atoms with Gasteiger partial charge in [0.15, 0.2) is 16.5 Å². The van der Waals surface area contributed by atoms with E-state index in [1.807, 2.05) is 0 Å². The Morgan fingerprint density at radius 2 is 1.91 bits per heavy atom. The Hall–Kier alpha value is -3.81. The van der Waals surface area contributed by atoms with Crippen LogP contribution in [0.1, 0.15) is 16.9 Å². The molecule has 3 heterocycles. The van der Waals surface area contributed by atoms with Gasteiger partial charge in [0.1, 0.15) is 11.2 Å². The molecule has 4 aromatic rings. The Labute approximate surface area is 191 Å². The molecule has 34 heavy (non-hydrogen) atoms. The molecule has 0 saturated heterocycles. The van der Waals surface area contributed by atoms with Crippen LogP contribution >= 0.6 is 11.3 Å². The number of rotatable bonds is 4. The second-order valence-corrected chi connectivity index (χ2v) is 8.25. The van der Waals surface area contributed by atoms with E-state index >= 15 is 0 Å². The van der Waals surface area contributed by atoms with Crippen molar-refractivity contribution in [2.24, 2.45) is 14.1 Å². The van der Waals surface area contributed by atoms with Gasteiger partial charge in [-0.25, -0.2) is 14.2 Å². The number of carbonyl (C=O) groups is 1. The predicted molar refractivity (Wildman–Crippen MR) is 114 cm³/mol. The highest BCUT2D eigenvalue weighted by Gasteiger charge is 2.37. The van der Waals surface area contributed by atoms with E-state index in [0.29, 0.717) is 0 Å². The first-order chi connectivity index (χ1) is 15.9. The molecule has 1 N–H and O–H groups in total. The van der Waals surface area contributed by atoms with E-state index in [2.05, 4.69) is 15.5 Å². The fourth-order valence-corrected chi connectivity index (χ4v) is 4.16. The molecule has 0 atom stereocenters. The van der Waals surface area contributed by atoms with Crippen LogP contribution in [0.5, 0.6) is 0 Å². The van der Waals surface area contributed by atoms with Gasteiger partial charge in [-0.2, -0.15) is 13.2 Å². The molecule has 1 amide bonds. The first-order valence-corrected chi connectivity index (χ1v) is 10.4. The molecule has 0 fully saturated rings. The van der Waals surface area contributed by atoms with Crippen LogP contribution in [0.3, 0.4) is 0 Å². The highest BCUT2D eigenvalue weighted by atomic mass is 32.1. The molecule has 14 heteroatoms. The lowest BCUT2D eigenvalue weighted by atomic mass is 10.0. The summed E-state index contributed by atoms with van der Waals surface area (Å²) in [5.74, 6) is -2.21. The molecule has 0 unspecified atom stereocenters. The summed E-state index contributed by atoms with van der Waals surface area (Å²) in [6, 6.07) is 2.32. The van der Waals surface area contributed by atoms with Gasteiger partial charge in [0.2, 0.25) is 5.91 Å². The second kappa shape index (κ2) is 8.20. The zero-order valence-corrected chi connectivity index (χ0v) is 18.6. The van der Waals surface area contributed by atoms with Gasteiger partial charge in [0.05, 0.1) is 17.7 Å². The third-order valence-electron chi connectivity index (χ3n) is 5.14. The Morgan fingerprint density at radius 3 is 2.59 bits per heavy atom. The zero-order valence-electron chi connectivity index (χ0n) is 17.8. The van der Waals surface area contributed by atoms with Crippen LogP contribution in [0, 0.1) is 12.7 Å². The number of aromatic nitrogens is 4. The monoisotopic (exact) mass is 497 g/mol. The molecule has 0 saturated carbocycles. The molecule has 0 radical (unpaired) electrons. The van der Waals surface area contributed by atoms with E-state index in [-0.39, 0.29) is 38.7 Å². The number of anilines is 1. The quantitative estimate of drug-likeness (QED) is 0.434. The molecule has 0 aliphatic heterocycles. The van der Waals surface area contributed by atoms with Gasteiger partial charge in [-0.05, 0) is 18.6 Å². The summed E-state index contributed by atoms with van der Waals surface area (Å²) in [5, 5.41) is 7.37. The molecule has 0 bridgehead atoms. The van der Waals surface area contributed by atoms with Crippen molar-refractivity contribution in [1.29, 1.82) is 0 Å². The van der Waals surface area contributed by atoms with Gasteiger partial charge in [0.25, 0.3) is 5.56 Å². The number of nitrogens with zero attached hydrogens (tertiary/aromatic N) is 4. The third kappa shape index (κ3) is 3.89. The standard InChI is InChI=1S/C20H15F4N5O4S/c1-8-4-5-9(15(21)14(8)20(22,23)24)10-7-34-18(25-10)26-12(30)6-11-13-16(27-33-11)28(2)19(32)29(3)17(13)31/h4-5,7H,6H2,1-3H3,(H,25,26,30). The summed E-state index contributed by atoms with van der Waals surface area (Å²) in [6.07, 6.45) is -5.31. The van der Waals surface area contributed by atoms with Gasteiger partial charge >= 0.3 is 11.9 Å². The number of carbonyl (C=O) groups excluding carboxylic acids is 1. The van der Waals surface area contributed by atoms with Crippen molar-refractivity contribution in [1.82, 2.24) is 19.3 Å². The number of hydrogen-bond donors (Lipinski definition) is 1. The highest BCUT2D eigenvalue weighted by Crippen LogP contribution is 2.38. The normalized spacial score (nSPS) is 11.9. The van der Waals surface area contributed by atoms with E-state index in [9.17, 15) is 31.9 Å². The van der Waals surface area contributed by atoms with Crippen molar-refractivity contribution >= 4 is 33.4 Å². The van der Waals surface area contributed by atoms with Gasteiger partial charge in [0, 0.05) is 25.0 Å². The maximum Gasteiger partial charge on any atom is 0.419 e. The molecular formula is C20H15F4N5O4S. The first-order valence-electron chi connectivity index (χ1n) is 9.56. The summed E-state index contributed by atoms with van der Waals surface area (Å²) >= 11 is 0.877. The van der Waals surface area contributed by atoms with Gasteiger partial charge in [-0.1, -0.05) is 11.2 Å². The Balaban J connectivity index is 1.59. The number of alkyl halides is 3.